The van der Waals surface area contributed by atoms with Crippen LogP contribution in [-0.2, 0) is 0 Å². The molecular weight excluding hydrogens is 294 g/mol. The van der Waals surface area contributed by atoms with Gasteiger partial charge in [-0.1, -0.05) is 11.6 Å². The molecule has 1 aromatic carbocycles. The second kappa shape index (κ2) is 6.37. The molecule has 1 N–H and O–H groups in total. The van der Waals surface area contributed by atoms with Gasteiger partial charge in [0.25, 0.3) is 5.69 Å². The van der Waals surface area contributed by atoms with Gasteiger partial charge >= 0.3 is 0 Å². The van der Waals surface area contributed by atoms with Gasteiger partial charge in [-0.05, 0) is 31.4 Å². The van der Waals surface area contributed by atoms with Gasteiger partial charge in [0, 0.05) is 23.9 Å². The van der Waals surface area contributed by atoms with E-state index in [1.54, 1.807) is 0 Å². The lowest BCUT2D eigenvalue weighted by Gasteiger charge is -2.17. The Morgan fingerprint density at radius 1 is 1.43 bits per heavy atom. The third-order valence-corrected chi connectivity index (χ3v) is 3.56. The van der Waals surface area contributed by atoms with E-state index in [9.17, 15) is 20.2 Å². The quantitative estimate of drug-likeness (QED) is 0.304. The van der Waals surface area contributed by atoms with Crippen molar-refractivity contribution < 1.29 is 9.72 Å². The highest BCUT2D eigenvalue weighted by Gasteiger charge is 2.22. The number of hydrogen-bond donors (Lipinski definition) is 1. The van der Waals surface area contributed by atoms with E-state index in [2.05, 4.69) is 5.32 Å². The summed E-state index contributed by atoms with van der Waals surface area (Å²) in [4.78, 5) is 22.6. The van der Waals surface area contributed by atoms with E-state index in [1.165, 1.54) is 12.1 Å². The second-order valence-corrected chi connectivity index (χ2v) is 5.01. The molecule has 108 valence electrons. The van der Waals surface area contributed by atoms with E-state index in [1.807, 2.05) is 6.07 Å². The number of carbonyl (C=O) groups excluding carboxylic acids is 1. The first kappa shape index (κ1) is 15.0. The van der Waals surface area contributed by atoms with Gasteiger partial charge in [-0.3, -0.25) is 14.9 Å². The molecule has 0 aromatic heterocycles. The second-order valence-electron chi connectivity index (χ2n) is 4.60. The van der Waals surface area contributed by atoms with Crippen LogP contribution in [-0.4, -0.2) is 17.3 Å². The number of nitrogens with zero attached hydrogens (tertiary/aromatic N) is 2. The Kier molecular flexibility index (Phi) is 4.55. The average Bonchev–Trinajstić information content (AvgIpc) is 2.49. The minimum Gasteiger partial charge on any atom is -0.387 e. The highest BCUT2D eigenvalue weighted by Crippen LogP contribution is 2.27. The number of ketones is 1. The Bertz CT molecular complexity index is 669. The number of allylic oxidation sites excluding steroid dienone is 2. The fraction of sp³-hybridized carbons (Fsp3) is 0.286. The maximum absolute atomic E-state index is 12.4. The fourth-order valence-electron chi connectivity index (χ4n) is 2.16. The van der Waals surface area contributed by atoms with Gasteiger partial charge in [-0.25, -0.2) is 0 Å². The van der Waals surface area contributed by atoms with Gasteiger partial charge in [0.1, 0.15) is 16.7 Å². The summed E-state index contributed by atoms with van der Waals surface area (Å²) >= 11 is 5.72. The number of halogens is 1. The third-order valence-electron chi connectivity index (χ3n) is 3.24. The van der Waals surface area contributed by atoms with E-state index in [0.717, 1.165) is 18.9 Å². The summed E-state index contributed by atoms with van der Waals surface area (Å²) < 4.78 is 0. The number of hydrogen-bond acceptors (Lipinski definition) is 5. The molecule has 1 fully saturated rings. The molecule has 0 spiro atoms. The molecule has 0 unspecified atom stereocenters. The molecule has 0 amide bonds. The largest absolute Gasteiger partial charge is 0.387 e. The number of nitro groups is 1. The van der Waals surface area contributed by atoms with Crippen LogP contribution in [0.1, 0.15) is 29.6 Å². The molecule has 0 saturated carbocycles. The van der Waals surface area contributed by atoms with Crippen LogP contribution in [0.2, 0.25) is 5.02 Å². The van der Waals surface area contributed by atoms with E-state index in [0.29, 0.717) is 18.7 Å². The Morgan fingerprint density at radius 2 is 2.19 bits per heavy atom. The maximum Gasteiger partial charge on any atom is 0.288 e. The van der Waals surface area contributed by atoms with Crippen molar-refractivity contribution in [3.05, 3.63) is 50.2 Å². The third kappa shape index (κ3) is 3.20. The van der Waals surface area contributed by atoms with Gasteiger partial charge in [-0.15, -0.1) is 0 Å². The van der Waals surface area contributed by atoms with Gasteiger partial charge < -0.3 is 5.32 Å². The van der Waals surface area contributed by atoms with Gasteiger partial charge in [0.15, 0.2) is 0 Å². The van der Waals surface area contributed by atoms with E-state index < -0.39 is 10.7 Å². The van der Waals surface area contributed by atoms with Crippen molar-refractivity contribution in [1.29, 1.82) is 5.26 Å². The Morgan fingerprint density at radius 3 is 2.76 bits per heavy atom. The van der Waals surface area contributed by atoms with Crippen molar-refractivity contribution >= 4 is 23.1 Å². The highest BCUT2D eigenvalue weighted by molar-refractivity contribution is 6.32. The van der Waals surface area contributed by atoms with E-state index in [4.69, 9.17) is 11.6 Å². The predicted octanol–water partition coefficient (Wildman–Crippen LogP) is 2.98. The summed E-state index contributed by atoms with van der Waals surface area (Å²) in [5.74, 6) is -0.526. The van der Waals surface area contributed by atoms with Gasteiger partial charge in [-0.2, -0.15) is 5.26 Å². The van der Waals surface area contributed by atoms with Gasteiger partial charge in [0.2, 0.25) is 5.78 Å². The van der Waals surface area contributed by atoms with Crippen molar-refractivity contribution in [1.82, 2.24) is 5.32 Å². The van der Waals surface area contributed by atoms with Crippen LogP contribution in [0.5, 0.6) is 0 Å². The minimum atomic E-state index is -0.656. The van der Waals surface area contributed by atoms with Crippen LogP contribution in [0.15, 0.2) is 29.5 Å². The Balaban J connectivity index is 2.41. The number of carbonyl (C=O) groups is 1. The normalized spacial score (nSPS) is 16.6. The number of benzene rings is 1. The molecule has 0 bridgehead atoms. The molecule has 0 atom stereocenters. The topological polar surface area (TPSA) is 96.0 Å². The molecule has 1 heterocycles. The summed E-state index contributed by atoms with van der Waals surface area (Å²) in [6, 6.07) is 5.68. The summed E-state index contributed by atoms with van der Waals surface area (Å²) in [5, 5.41) is 23.1. The molecule has 2 rings (SSSR count). The fourth-order valence-corrected chi connectivity index (χ4v) is 2.35. The Hall–Kier alpha value is -2.39. The molecule has 1 aromatic rings. The van der Waals surface area contributed by atoms with Crippen molar-refractivity contribution in [3.8, 4) is 6.07 Å². The van der Waals surface area contributed by atoms with Crippen molar-refractivity contribution in [2.24, 2.45) is 0 Å². The zero-order valence-electron chi connectivity index (χ0n) is 11.1. The molecular formula is C14H12ClN3O3. The average molecular weight is 306 g/mol. The van der Waals surface area contributed by atoms with Crippen LogP contribution in [0, 0.1) is 21.4 Å². The first-order valence-electron chi connectivity index (χ1n) is 6.40. The van der Waals surface area contributed by atoms with Gasteiger partial charge in [0.05, 0.1) is 4.92 Å². The maximum atomic E-state index is 12.4. The zero-order valence-corrected chi connectivity index (χ0v) is 11.8. The lowest BCUT2D eigenvalue weighted by molar-refractivity contribution is -0.384. The molecule has 6 nitrogen and oxygen atoms in total. The summed E-state index contributed by atoms with van der Waals surface area (Å²) in [6.07, 6.45) is 2.52. The van der Waals surface area contributed by atoms with E-state index >= 15 is 0 Å². The molecule has 1 aliphatic rings. The van der Waals surface area contributed by atoms with Crippen LogP contribution in [0.3, 0.4) is 0 Å². The molecule has 7 heteroatoms. The lowest BCUT2D eigenvalue weighted by Crippen LogP contribution is -2.23. The first-order valence-corrected chi connectivity index (χ1v) is 6.78. The number of Topliss-reactive ketones (excluding diaryl/α,β-unsaturated/α-hetero) is 1. The SMILES string of the molecule is N#CC(C(=O)c1ccc(Cl)c([N+](=O)[O-])c1)=C1CCCCN1. The standard InChI is InChI=1S/C14H12ClN3O3/c15-11-5-4-9(7-13(11)18(20)21)14(19)10(8-16)12-3-1-2-6-17-12/h4-5,7,17H,1-3,6H2. The van der Waals surface area contributed by atoms with Crippen molar-refractivity contribution in [2.75, 3.05) is 6.54 Å². The molecule has 1 aliphatic heterocycles. The summed E-state index contributed by atoms with van der Waals surface area (Å²) in [6.45, 7) is 0.717. The predicted molar refractivity (Wildman–Crippen MR) is 76.9 cm³/mol. The molecule has 0 aliphatic carbocycles. The number of nitriles is 1. The monoisotopic (exact) mass is 305 g/mol. The first-order chi connectivity index (χ1) is 10.0. The zero-order chi connectivity index (χ0) is 15.4. The molecule has 0 radical (unpaired) electrons. The lowest BCUT2D eigenvalue weighted by atomic mass is 9.98. The van der Waals surface area contributed by atoms with Crippen LogP contribution in [0.4, 0.5) is 5.69 Å². The minimum absolute atomic E-state index is 0.00585. The van der Waals surface area contributed by atoms with Crippen LogP contribution < -0.4 is 5.32 Å². The van der Waals surface area contributed by atoms with E-state index in [-0.39, 0.29) is 21.8 Å². The van der Waals surface area contributed by atoms with Crippen LogP contribution in [0.25, 0.3) is 0 Å². The summed E-state index contributed by atoms with van der Waals surface area (Å²) in [7, 11) is 0. The number of piperidine rings is 1. The number of rotatable bonds is 3. The number of nitro benzene ring substituents is 1. The molecule has 21 heavy (non-hydrogen) atoms. The molecule has 1 saturated heterocycles. The van der Waals surface area contributed by atoms with Crippen LogP contribution >= 0.6 is 11.6 Å². The van der Waals surface area contributed by atoms with Crippen molar-refractivity contribution in [2.45, 2.75) is 19.3 Å². The Labute approximate surface area is 126 Å². The summed E-state index contributed by atoms with van der Waals surface area (Å²) in [5.41, 5.74) is 0.349. The highest BCUT2D eigenvalue weighted by atomic mass is 35.5. The van der Waals surface area contributed by atoms with Crippen molar-refractivity contribution in [3.63, 3.8) is 0 Å². The smallest absolute Gasteiger partial charge is 0.288 e. The number of nitrogens with one attached hydrogen (secondary N) is 1.